The second-order valence-electron chi connectivity index (χ2n) is 6.16. The normalized spacial score (nSPS) is 16.9. The third kappa shape index (κ3) is 3.38. The SMILES string of the molecule is C[C@H](Oc1ccccc1C#N)C(=O)N1Cc2ccccc2C[C@@H]1C(=O)O. The molecular weight excluding hydrogens is 332 g/mol. The predicted octanol–water partition coefficient (Wildman–Crippen LogP) is 2.36. The summed E-state index contributed by atoms with van der Waals surface area (Å²) in [5.41, 5.74) is 2.20. The third-order valence-electron chi connectivity index (χ3n) is 4.48. The third-order valence-corrected chi connectivity index (χ3v) is 4.48. The molecule has 6 heteroatoms. The van der Waals surface area contributed by atoms with Gasteiger partial charge in [0, 0.05) is 13.0 Å². The number of carboxylic acids is 1. The Kier molecular flexibility index (Phi) is 4.90. The standard InChI is InChI=1S/C20H18N2O4/c1-13(26-18-9-5-4-7-15(18)11-21)19(23)22-12-16-8-3-2-6-14(16)10-17(22)20(24)25/h2-9,13,17H,10,12H2,1H3,(H,24,25)/t13-,17+/m0/s1. The second-order valence-corrected chi connectivity index (χ2v) is 6.16. The Bertz CT molecular complexity index is 887. The van der Waals surface area contributed by atoms with Gasteiger partial charge in [0.15, 0.2) is 6.10 Å². The van der Waals surface area contributed by atoms with E-state index in [2.05, 4.69) is 0 Å². The second kappa shape index (κ2) is 7.28. The Morgan fingerprint density at radius 2 is 1.85 bits per heavy atom. The minimum atomic E-state index is -1.04. The van der Waals surface area contributed by atoms with Crippen molar-refractivity contribution < 1.29 is 19.4 Å². The van der Waals surface area contributed by atoms with Crippen molar-refractivity contribution in [1.82, 2.24) is 4.90 Å². The number of ether oxygens (including phenoxy) is 1. The van der Waals surface area contributed by atoms with Crippen LogP contribution in [0.4, 0.5) is 0 Å². The van der Waals surface area contributed by atoms with Crippen LogP contribution in [-0.4, -0.2) is 34.0 Å². The molecule has 1 aliphatic rings. The number of carbonyl (C=O) groups is 2. The van der Waals surface area contributed by atoms with Crippen molar-refractivity contribution >= 4 is 11.9 Å². The van der Waals surface area contributed by atoms with Crippen molar-refractivity contribution in [3.05, 3.63) is 65.2 Å². The average Bonchev–Trinajstić information content (AvgIpc) is 2.66. The number of hydrogen-bond donors (Lipinski definition) is 1. The van der Waals surface area contributed by atoms with E-state index in [1.165, 1.54) is 4.90 Å². The van der Waals surface area contributed by atoms with Crippen molar-refractivity contribution in [3.8, 4) is 11.8 Å². The van der Waals surface area contributed by atoms with Gasteiger partial charge in [0.25, 0.3) is 5.91 Å². The van der Waals surface area contributed by atoms with Crippen LogP contribution >= 0.6 is 0 Å². The first kappa shape index (κ1) is 17.5. The summed E-state index contributed by atoms with van der Waals surface area (Å²) in [5.74, 6) is -1.16. The zero-order valence-corrected chi connectivity index (χ0v) is 14.3. The van der Waals surface area contributed by atoms with Crippen molar-refractivity contribution in [2.45, 2.75) is 32.0 Å². The van der Waals surface area contributed by atoms with Crippen LogP contribution in [0.3, 0.4) is 0 Å². The summed E-state index contributed by atoms with van der Waals surface area (Å²) in [7, 11) is 0. The molecule has 0 aliphatic carbocycles. The first-order valence-electron chi connectivity index (χ1n) is 8.27. The fourth-order valence-corrected chi connectivity index (χ4v) is 3.11. The molecule has 6 nitrogen and oxygen atoms in total. The lowest BCUT2D eigenvalue weighted by atomic mass is 9.93. The highest BCUT2D eigenvalue weighted by atomic mass is 16.5. The fourth-order valence-electron chi connectivity index (χ4n) is 3.11. The molecule has 1 aliphatic heterocycles. The van der Waals surface area contributed by atoms with E-state index in [9.17, 15) is 14.7 Å². The van der Waals surface area contributed by atoms with Gasteiger partial charge >= 0.3 is 5.97 Å². The monoisotopic (exact) mass is 350 g/mol. The number of hydrogen-bond acceptors (Lipinski definition) is 4. The van der Waals surface area contributed by atoms with Gasteiger partial charge in [0.05, 0.1) is 5.56 Å². The molecule has 2 aromatic rings. The number of nitriles is 1. The van der Waals surface area contributed by atoms with E-state index >= 15 is 0 Å². The molecule has 1 N–H and O–H groups in total. The van der Waals surface area contributed by atoms with E-state index in [-0.39, 0.29) is 13.0 Å². The number of aliphatic carboxylic acids is 1. The number of para-hydroxylation sites is 1. The first-order valence-corrected chi connectivity index (χ1v) is 8.27. The van der Waals surface area contributed by atoms with E-state index < -0.39 is 24.0 Å². The Labute approximate surface area is 151 Å². The van der Waals surface area contributed by atoms with E-state index in [0.717, 1.165) is 11.1 Å². The summed E-state index contributed by atoms with van der Waals surface area (Å²) in [6, 6.07) is 15.2. The van der Waals surface area contributed by atoms with Crippen molar-refractivity contribution in [1.29, 1.82) is 5.26 Å². The number of carboxylic acid groups (broad SMARTS) is 1. The fraction of sp³-hybridized carbons (Fsp3) is 0.250. The summed E-state index contributed by atoms with van der Waals surface area (Å²) in [6.07, 6.45) is -0.643. The maximum absolute atomic E-state index is 12.9. The van der Waals surface area contributed by atoms with Crippen molar-refractivity contribution in [2.24, 2.45) is 0 Å². The number of amides is 1. The van der Waals surface area contributed by atoms with E-state index in [4.69, 9.17) is 10.00 Å². The summed E-state index contributed by atoms with van der Waals surface area (Å²) in [6.45, 7) is 1.79. The Balaban J connectivity index is 1.83. The zero-order chi connectivity index (χ0) is 18.7. The molecule has 26 heavy (non-hydrogen) atoms. The lowest BCUT2D eigenvalue weighted by Crippen LogP contribution is -2.52. The van der Waals surface area contributed by atoms with Crippen LogP contribution in [0.5, 0.6) is 5.75 Å². The smallest absolute Gasteiger partial charge is 0.326 e. The lowest BCUT2D eigenvalue weighted by Gasteiger charge is -2.35. The average molecular weight is 350 g/mol. The van der Waals surface area contributed by atoms with Gasteiger partial charge in [-0.2, -0.15) is 5.26 Å². The van der Waals surface area contributed by atoms with Crippen LogP contribution in [0.25, 0.3) is 0 Å². The molecule has 132 valence electrons. The van der Waals surface area contributed by atoms with Crippen LogP contribution in [0.2, 0.25) is 0 Å². The minimum absolute atomic E-state index is 0.222. The van der Waals surface area contributed by atoms with E-state index in [0.29, 0.717) is 11.3 Å². The summed E-state index contributed by atoms with van der Waals surface area (Å²) in [4.78, 5) is 25.9. The van der Waals surface area contributed by atoms with Gasteiger partial charge in [-0.1, -0.05) is 36.4 Å². The summed E-state index contributed by atoms with van der Waals surface area (Å²) in [5, 5.41) is 18.7. The van der Waals surface area contributed by atoms with Crippen molar-refractivity contribution in [3.63, 3.8) is 0 Å². The van der Waals surface area contributed by atoms with E-state index in [1.54, 1.807) is 31.2 Å². The molecule has 0 aromatic heterocycles. The quantitative estimate of drug-likeness (QED) is 0.914. The zero-order valence-electron chi connectivity index (χ0n) is 14.3. The highest BCUT2D eigenvalue weighted by Crippen LogP contribution is 2.25. The van der Waals surface area contributed by atoms with E-state index in [1.807, 2.05) is 30.3 Å². The first-order chi connectivity index (χ1) is 12.5. The number of nitrogens with zero attached hydrogens (tertiary/aromatic N) is 2. The van der Waals surface area contributed by atoms with Crippen LogP contribution < -0.4 is 4.74 Å². The maximum Gasteiger partial charge on any atom is 0.326 e. The highest BCUT2D eigenvalue weighted by Gasteiger charge is 2.37. The molecule has 0 unspecified atom stereocenters. The van der Waals surface area contributed by atoms with Crippen LogP contribution in [0, 0.1) is 11.3 Å². The molecule has 0 saturated heterocycles. The Hall–Kier alpha value is -3.33. The largest absolute Gasteiger partial charge is 0.480 e. The molecule has 1 heterocycles. The van der Waals surface area contributed by atoms with Gasteiger partial charge in [0.2, 0.25) is 0 Å². The van der Waals surface area contributed by atoms with Crippen LogP contribution in [0.1, 0.15) is 23.6 Å². The van der Waals surface area contributed by atoms with Crippen molar-refractivity contribution in [2.75, 3.05) is 0 Å². The number of carbonyl (C=O) groups excluding carboxylic acids is 1. The summed E-state index contributed by atoms with van der Waals surface area (Å²) >= 11 is 0. The van der Waals surface area contributed by atoms with Gasteiger partial charge in [-0.25, -0.2) is 4.79 Å². The number of rotatable bonds is 4. The Morgan fingerprint density at radius 3 is 2.54 bits per heavy atom. The van der Waals surface area contributed by atoms with Crippen LogP contribution in [0.15, 0.2) is 48.5 Å². The van der Waals surface area contributed by atoms with Gasteiger partial charge in [0.1, 0.15) is 17.9 Å². The molecule has 1 amide bonds. The topological polar surface area (TPSA) is 90.6 Å². The lowest BCUT2D eigenvalue weighted by molar-refractivity contribution is -0.154. The molecule has 0 saturated carbocycles. The predicted molar refractivity (Wildman–Crippen MR) is 93.4 cm³/mol. The van der Waals surface area contributed by atoms with Gasteiger partial charge in [-0.05, 0) is 30.2 Å². The van der Waals surface area contributed by atoms with Gasteiger partial charge in [-0.3, -0.25) is 4.79 Å². The molecular formula is C20H18N2O4. The Morgan fingerprint density at radius 1 is 1.19 bits per heavy atom. The molecule has 2 atom stereocenters. The number of benzene rings is 2. The molecule has 0 fully saturated rings. The molecule has 0 radical (unpaired) electrons. The van der Waals surface area contributed by atoms with Gasteiger partial charge < -0.3 is 14.7 Å². The molecule has 2 aromatic carbocycles. The highest BCUT2D eigenvalue weighted by molar-refractivity contribution is 5.87. The molecule has 3 rings (SSSR count). The van der Waals surface area contributed by atoms with Crippen LogP contribution in [-0.2, 0) is 22.6 Å². The minimum Gasteiger partial charge on any atom is -0.480 e. The molecule has 0 spiro atoms. The number of fused-ring (bicyclic) bond motifs is 1. The van der Waals surface area contributed by atoms with Gasteiger partial charge in [-0.15, -0.1) is 0 Å². The molecule has 0 bridgehead atoms. The maximum atomic E-state index is 12.9. The summed E-state index contributed by atoms with van der Waals surface area (Å²) < 4.78 is 5.66.